The first kappa shape index (κ1) is 14.6. The van der Waals surface area contributed by atoms with Crippen LogP contribution in [-0.2, 0) is 0 Å². The lowest BCUT2D eigenvalue weighted by Gasteiger charge is -2.14. The van der Waals surface area contributed by atoms with Gasteiger partial charge in [-0.05, 0) is 31.0 Å². The molecule has 0 radical (unpaired) electrons. The van der Waals surface area contributed by atoms with Gasteiger partial charge >= 0.3 is 6.61 Å². The highest BCUT2D eigenvalue weighted by Gasteiger charge is 2.19. The molecule has 1 aliphatic rings. The third kappa shape index (κ3) is 3.59. The van der Waals surface area contributed by atoms with Crippen molar-refractivity contribution in [3.05, 3.63) is 23.8 Å². The molecule has 1 aromatic rings. The second-order valence-electron chi connectivity index (χ2n) is 4.70. The van der Waals surface area contributed by atoms with Crippen molar-refractivity contribution >= 4 is 5.91 Å². The molecule has 110 valence electrons. The van der Waals surface area contributed by atoms with E-state index in [9.17, 15) is 13.6 Å². The zero-order valence-corrected chi connectivity index (χ0v) is 11.2. The van der Waals surface area contributed by atoms with Gasteiger partial charge in [-0.1, -0.05) is 12.8 Å². The van der Waals surface area contributed by atoms with E-state index in [4.69, 9.17) is 4.74 Å². The first-order valence-electron chi connectivity index (χ1n) is 6.54. The number of hydrogen-bond donors (Lipinski definition) is 1. The summed E-state index contributed by atoms with van der Waals surface area (Å²) in [7, 11) is 1.34. The molecule has 0 aliphatic heterocycles. The van der Waals surface area contributed by atoms with Gasteiger partial charge in [0.15, 0.2) is 11.5 Å². The van der Waals surface area contributed by atoms with Crippen LogP contribution in [0.1, 0.15) is 36.0 Å². The number of methoxy groups -OCH3 is 1. The number of halogens is 2. The van der Waals surface area contributed by atoms with Gasteiger partial charge in [-0.25, -0.2) is 0 Å². The molecule has 2 rings (SSSR count). The molecule has 1 saturated carbocycles. The van der Waals surface area contributed by atoms with Crippen LogP contribution < -0.4 is 14.8 Å². The molecule has 1 aliphatic carbocycles. The number of benzene rings is 1. The molecular formula is C14H17F2NO3. The number of carbonyl (C=O) groups excluding carboxylic acids is 1. The summed E-state index contributed by atoms with van der Waals surface area (Å²) in [4.78, 5) is 12.0. The number of alkyl halides is 2. The van der Waals surface area contributed by atoms with Crippen molar-refractivity contribution in [1.82, 2.24) is 5.32 Å². The molecule has 0 bridgehead atoms. The Balaban J connectivity index is 2.09. The Hall–Kier alpha value is -1.85. The molecule has 0 saturated heterocycles. The van der Waals surface area contributed by atoms with Gasteiger partial charge in [-0.3, -0.25) is 4.79 Å². The van der Waals surface area contributed by atoms with E-state index in [1.807, 2.05) is 0 Å². The van der Waals surface area contributed by atoms with E-state index in [0.717, 1.165) is 25.7 Å². The number of rotatable bonds is 5. The van der Waals surface area contributed by atoms with Crippen molar-refractivity contribution in [3.8, 4) is 11.5 Å². The Labute approximate surface area is 116 Å². The molecule has 1 amide bonds. The van der Waals surface area contributed by atoms with E-state index < -0.39 is 6.61 Å². The van der Waals surface area contributed by atoms with E-state index in [1.165, 1.54) is 25.3 Å². The Morgan fingerprint density at radius 3 is 2.60 bits per heavy atom. The van der Waals surface area contributed by atoms with E-state index in [0.29, 0.717) is 5.56 Å². The quantitative estimate of drug-likeness (QED) is 0.904. The smallest absolute Gasteiger partial charge is 0.387 e. The maximum atomic E-state index is 12.2. The van der Waals surface area contributed by atoms with Crippen molar-refractivity contribution in [1.29, 1.82) is 0 Å². The molecule has 6 heteroatoms. The van der Waals surface area contributed by atoms with Crippen LogP contribution >= 0.6 is 0 Å². The third-order valence-electron chi connectivity index (χ3n) is 3.33. The van der Waals surface area contributed by atoms with Crippen molar-refractivity contribution in [2.45, 2.75) is 38.3 Å². The summed E-state index contributed by atoms with van der Waals surface area (Å²) in [6, 6.07) is 4.37. The average Bonchev–Trinajstić information content (AvgIpc) is 2.91. The van der Waals surface area contributed by atoms with Crippen LogP contribution in [0.25, 0.3) is 0 Å². The SMILES string of the molecule is COc1cc(C(=O)NC2CCCC2)ccc1OC(F)F. The third-order valence-corrected chi connectivity index (χ3v) is 3.33. The minimum atomic E-state index is -2.93. The van der Waals surface area contributed by atoms with Gasteiger partial charge in [0.25, 0.3) is 5.91 Å². The Bertz CT molecular complexity index is 473. The van der Waals surface area contributed by atoms with Gasteiger partial charge < -0.3 is 14.8 Å². The fourth-order valence-electron chi connectivity index (χ4n) is 2.34. The zero-order valence-electron chi connectivity index (χ0n) is 11.2. The zero-order chi connectivity index (χ0) is 14.5. The van der Waals surface area contributed by atoms with Gasteiger partial charge in [0.2, 0.25) is 0 Å². The molecule has 0 aromatic heterocycles. The molecule has 1 fully saturated rings. The second-order valence-corrected chi connectivity index (χ2v) is 4.70. The topological polar surface area (TPSA) is 47.6 Å². The van der Waals surface area contributed by atoms with E-state index in [1.54, 1.807) is 0 Å². The number of ether oxygens (including phenoxy) is 2. The van der Waals surface area contributed by atoms with E-state index in [2.05, 4.69) is 10.1 Å². The first-order valence-corrected chi connectivity index (χ1v) is 6.54. The summed E-state index contributed by atoms with van der Waals surface area (Å²) in [5.41, 5.74) is 0.371. The van der Waals surface area contributed by atoms with Crippen molar-refractivity contribution < 1.29 is 23.0 Å². The predicted octanol–water partition coefficient (Wildman–Crippen LogP) is 2.97. The lowest BCUT2D eigenvalue weighted by molar-refractivity contribution is -0.0512. The van der Waals surface area contributed by atoms with Crippen LogP contribution in [0.15, 0.2) is 18.2 Å². The Morgan fingerprint density at radius 1 is 1.30 bits per heavy atom. The van der Waals surface area contributed by atoms with Crippen molar-refractivity contribution in [2.75, 3.05) is 7.11 Å². The van der Waals surface area contributed by atoms with Crippen LogP contribution in [0.2, 0.25) is 0 Å². The maximum Gasteiger partial charge on any atom is 0.387 e. The standard InChI is InChI=1S/C14H17F2NO3/c1-19-12-8-9(6-7-11(12)20-14(15)16)13(18)17-10-4-2-3-5-10/h6-8,10,14H,2-5H2,1H3,(H,17,18). The highest BCUT2D eigenvalue weighted by atomic mass is 19.3. The van der Waals surface area contributed by atoms with Gasteiger partial charge in [0.1, 0.15) is 0 Å². The van der Waals surface area contributed by atoms with Crippen LogP contribution in [-0.4, -0.2) is 25.7 Å². The predicted molar refractivity (Wildman–Crippen MR) is 69.3 cm³/mol. The largest absolute Gasteiger partial charge is 0.493 e. The van der Waals surface area contributed by atoms with Crippen LogP contribution in [0.5, 0.6) is 11.5 Å². The minimum Gasteiger partial charge on any atom is -0.493 e. The van der Waals surface area contributed by atoms with Gasteiger partial charge in [-0.15, -0.1) is 0 Å². The first-order chi connectivity index (χ1) is 9.60. The molecule has 20 heavy (non-hydrogen) atoms. The van der Waals surface area contributed by atoms with Crippen molar-refractivity contribution in [2.24, 2.45) is 0 Å². The molecule has 1 aromatic carbocycles. The molecular weight excluding hydrogens is 268 g/mol. The molecule has 1 N–H and O–H groups in total. The van der Waals surface area contributed by atoms with Gasteiger partial charge in [0.05, 0.1) is 7.11 Å². The fourth-order valence-corrected chi connectivity index (χ4v) is 2.34. The second kappa shape index (κ2) is 6.54. The molecule has 0 spiro atoms. The molecule has 0 atom stereocenters. The lowest BCUT2D eigenvalue weighted by Crippen LogP contribution is -2.32. The van der Waals surface area contributed by atoms with Gasteiger partial charge in [0, 0.05) is 11.6 Å². The summed E-state index contributed by atoms with van der Waals surface area (Å²) in [6.45, 7) is -2.93. The average molecular weight is 285 g/mol. The summed E-state index contributed by atoms with van der Waals surface area (Å²) >= 11 is 0. The number of nitrogens with one attached hydrogen (secondary N) is 1. The normalized spacial score (nSPS) is 15.4. The Kier molecular flexibility index (Phi) is 4.76. The maximum absolute atomic E-state index is 12.2. The summed E-state index contributed by atoms with van der Waals surface area (Å²) < 4.78 is 33.7. The van der Waals surface area contributed by atoms with E-state index in [-0.39, 0.29) is 23.4 Å². The lowest BCUT2D eigenvalue weighted by atomic mass is 10.1. The van der Waals surface area contributed by atoms with Crippen molar-refractivity contribution in [3.63, 3.8) is 0 Å². The molecule has 4 nitrogen and oxygen atoms in total. The Morgan fingerprint density at radius 2 is 2.00 bits per heavy atom. The summed E-state index contributed by atoms with van der Waals surface area (Å²) in [6.07, 6.45) is 4.20. The summed E-state index contributed by atoms with van der Waals surface area (Å²) in [5, 5.41) is 2.92. The van der Waals surface area contributed by atoms with E-state index >= 15 is 0 Å². The van der Waals surface area contributed by atoms with Crippen LogP contribution in [0.4, 0.5) is 8.78 Å². The number of amides is 1. The fraction of sp³-hybridized carbons (Fsp3) is 0.500. The highest BCUT2D eigenvalue weighted by Crippen LogP contribution is 2.29. The van der Waals surface area contributed by atoms with Gasteiger partial charge in [-0.2, -0.15) is 8.78 Å². The number of hydrogen-bond acceptors (Lipinski definition) is 3. The van der Waals surface area contributed by atoms with Crippen LogP contribution in [0, 0.1) is 0 Å². The number of carbonyl (C=O) groups is 1. The van der Waals surface area contributed by atoms with Crippen LogP contribution in [0.3, 0.4) is 0 Å². The summed E-state index contributed by atoms with van der Waals surface area (Å²) in [5.74, 6) is -0.192. The molecule has 0 unspecified atom stereocenters. The highest BCUT2D eigenvalue weighted by molar-refractivity contribution is 5.95. The monoisotopic (exact) mass is 285 g/mol. The minimum absolute atomic E-state index is 0.0834. The molecule has 0 heterocycles.